The van der Waals surface area contributed by atoms with Gasteiger partial charge in [-0.1, -0.05) is 24.3 Å². The molecular weight excluding hydrogens is 257 g/mol. The predicted molar refractivity (Wildman–Crippen MR) is 64.5 cm³/mol. The van der Waals surface area contributed by atoms with Gasteiger partial charge in [-0.15, -0.1) is 0 Å². The van der Waals surface area contributed by atoms with Crippen LogP contribution in [-0.2, 0) is 11.2 Å². The molecule has 0 aliphatic heterocycles. The Morgan fingerprint density at radius 3 is 2.63 bits per heavy atom. The molecule has 0 spiro atoms. The lowest BCUT2D eigenvalue weighted by Crippen LogP contribution is -2.61. The zero-order valence-corrected chi connectivity index (χ0v) is 10.4. The third-order valence-electron chi connectivity index (χ3n) is 3.53. The van der Waals surface area contributed by atoms with Crippen LogP contribution in [0.2, 0.25) is 0 Å². The molecule has 0 saturated heterocycles. The number of amides is 1. The lowest BCUT2D eigenvalue weighted by atomic mass is 9.77. The Bertz CT molecular complexity index is 497. The Balaban J connectivity index is 1.93. The number of benzene rings is 1. The van der Waals surface area contributed by atoms with Crippen LogP contribution in [0.3, 0.4) is 0 Å². The van der Waals surface area contributed by atoms with Crippen molar-refractivity contribution in [2.24, 2.45) is 5.73 Å². The molecule has 1 aliphatic rings. The topological polar surface area (TPSA) is 55.1 Å². The van der Waals surface area contributed by atoms with Gasteiger partial charge in [0, 0.05) is 12.5 Å². The van der Waals surface area contributed by atoms with Crippen molar-refractivity contribution in [3.05, 3.63) is 35.4 Å². The van der Waals surface area contributed by atoms with Gasteiger partial charge < -0.3 is 11.1 Å². The Morgan fingerprint density at radius 1 is 1.42 bits per heavy atom. The van der Waals surface area contributed by atoms with Crippen LogP contribution in [0.25, 0.3) is 0 Å². The molecule has 0 saturated carbocycles. The molecule has 104 valence electrons. The van der Waals surface area contributed by atoms with Gasteiger partial charge in [0.05, 0.1) is 0 Å². The van der Waals surface area contributed by atoms with E-state index in [9.17, 15) is 18.0 Å². The minimum atomic E-state index is -4.76. The number of nitrogens with one attached hydrogen (secondary N) is 1. The molecule has 2 unspecified atom stereocenters. The Kier molecular flexibility index (Phi) is 3.30. The lowest BCUT2D eigenvalue weighted by Gasteiger charge is -2.32. The van der Waals surface area contributed by atoms with Crippen molar-refractivity contribution in [3.8, 4) is 0 Å². The van der Waals surface area contributed by atoms with Gasteiger partial charge in [-0.3, -0.25) is 4.79 Å². The number of hydrogen-bond donors (Lipinski definition) is 2. The molecule has 3 nitrogen and oxygen atoms in total. The van der Waals surface area contributed by atoms with E-state index in [1.54, 1.807) is 0 Å². The zero-order valence-electron chi connectivity index (χ0n) is 10.4. The normalized spacial score (nSPS) is 21.0. The first-order valence-electron chi connectivity index (χ1n) is 5.95. The molecule has 0 radical (unpaired) electrons. The fourth-order valence-corrected chi connectivity index (χ4v) is 2.07. The van der Waals surface area contributed by atoms with Gasteiger partial charge >= 0.3 is 6.18 Å². The van der Waals surface area contributed by atoms with Crippen LogP contribution >= 0.6 is 0 Å². The summed E-state index contributed by atoms with van der Waals surface area (Å²) >= 11 is 0. The highest BCUT2D eigenvalue weighted by molar-refractivity contribution is 5.86. The largest absolute Gasteiger partial charge is 0.415 e. The quantitative estimate of drug-likeness (QED) is 0.880. The zero-order chi connectivity index (χ0) is 14.3. The van der Waals surface area contributed by atoms with Crippen LogP contribution in [0.15, 0.2) is 24.3 Å². The molecule has 6 heteroatoms. The van der Waals surface area contributed by atoms with Crippen molar-refractivity contribution in [1.82, 2.24) is 5.32 Å². The molecule has 2 atom stereocenters. The van der Waals surface area contributed by atoms with Gasteiger partial charge in [-0.05, 0) is 24.5 Å². The molecule has 3 N–H and O–H groups in total. The summed E-state index contributed by atoms with van der Waals surface area (Å²) in [5.74, 6) is -1.12. The molecule has 1 aromatic carbocycles. The van der Waals surface area contributed by atoms with Gasteiger partial charge in [0.15, 0.2) is 5.54 Å². The van der Waals surface area contributed by atoms with E-state index in [4.69, 9.17) is 5.73 Å². The molecule has 0 heterocycles. The van der Waals surface area contributed by atoms with Crippen molar-refractivity contribution >= 4 is 5.91 Å². The molecular formula is C13H15F3N2O. The summed E-state index contributed by atoms with van der Waals surface area (Å²) in [6, 6.07) is 7.67. The minimum Gasteiger partial charge on any atom is -0.354 e. The van der Waals surface area contributed by atoms with E-state index in [0.29, 0.717) is 6.92 Å². The van der Waals surface area contributed by atoms with Crippen LogP contribution in [0.5, 0.6) is 0 Å². The Morgan fingerprint density at radius 2 is 2.05 bits per heavy atom. The van der Waals surface area contributed by atoms with Crippen molar-refractivity contribution in [2.45, 2.75) is 31.0 Å². The van der Waals surface area contributed by atoms with Gasteiger partial charge in [-0.25, -0.2) is 0 Å². The third kappa shape index (κ3) is 2.45. The van der Waals surface area contributed by atoms with E-state index in [1.165, 1.54) is 5.56 Å². The smallest absolute Gasteiger partial charge is 0.354 e. The van der Waals surface area contributed by atoms with Crippen molar-refractivity contribution in [1.29, 1.82) is 0 Å². The summed E-state index contributed by atoms with van der Waals surface area (Å²) in [7, 11) is 0. The van der Waals surface area contributed by atoms with Gasteiger partial charge in [0.1, 0.15) is 0 Å². The summed E-state index contributed by atoms with van der Waals surface area (Å²) in [5.41, 5.74) is 4.44. The SMILES string of the molecule is CC(N)(C(=O)NCC1Cc2ccccc21)C(F)(F)F. The number of halogens is 3. The van der Waals surface area contributed by atoms with Crippen LogP contribution < -0.4 is 11.1 Å². The van der Waals surface area contributed by atoms with E-state index in [1.807, 2.05) is 24.3 Å². The van der Waals surface area contributed by atoms with E-state index < -0.39 is 17.6 Å². The van der Waals surface area contributed by atoms with Gasteiger partial charge in [0.2, 0.25) is 5.91 Å². The lowest BCUT2D eigenvalue weighted by molar-refractivity contribution is -0.187. The first-order chi connectivity index (χ1) is 8.73. The summed E-state index contributed by atoms with van der Waals surface area (Å²) in [5, 5.41) is 2.29. The van der Waals surface area contributed by atoms with E-state index >= 15 is 0 Å². The molecule has 1 aliphatic carbocycles. The molecule has 19 heavy (non-hydrogen) atoms. The summed E-state index contributed by atoms with van der Waals surface area (Å²) in [4.78, 5) is 11.5. The van der Waals surface area contributed by atoms with Crippen molar-refractivity contribution in [3.63, 3.8) is 0 Å². The molecule has 1 aromatic rings. The number of rotatable bonds is 3. The number of hydrogen-bond acceptors (Lipinski definition) is 2. The monoisotopic (exact) mass is 272 g/mol. The highest BCUT2D eigenvalue weighted by atomic mass is 19.4. The second kappa shape index (κ2) is 4.52. The number of fused-ring (bicyclic) bond motifs is 1. The highest BCUT2D eigenvalue weighted by Gasteiger charge is 2.53. The number of carbonyl (C=O) groups is 1. The van der Waals surface area contributed by atoms with E-state index in [2.05, 4.69) is 5.32 Å². The van der Waals surface area contributed by atoms with Crippen LogP contribution in [-0.4, -0.2) is 24.2 Å². The van der Waals surface area contributed by atoms with Gasteiger partial charge in [0.25, 0.3) is 0 Å². The van der Waals surface area contributed by atoms with Gasteiger partial charge in [-0.2, -0.15) is 13.2 Å². The molecule has 1 amide bonds. The standard InChI is InChI=1S/C13H15F3N2O/c1-12(17,13(14,15)16)11(19)18-7-9-6-8-4-2-3-5-10(8)9/h2-5,9H,6-7,17H2,1H3,(H,18,19). The van der Waals surface area contributed by atoms with Crippen LogP contribution in [0.4, 0.5) is 13.2 Å². The third-order valence-corrected chi connectivity index (χ3v) is 3.53. The number of nitrogens with two attached hydrogens (primary N) is 1. The maximum atomic E-state index is 12.6. The first kappa shape index (κ1) is 13.9. The summed E-state index contributed by atoms with van der Waals surface area (Å²) in [6.07, 6.45) is -3.99. The first-order valence-corrected chi connectivity index (χ1v) is 5.95. The van der Waals surface area contributed by atoms with Crippen LogP contribution in [0.1, 0.15) is 24.0 Å². The molecule has 0 aromatic heterocycles. The average Bonchev–Trinajstić information content (AvgIpc) is 2.28. The Labute approximate surface area is 109 Å². The number of carbonyl (C=O) groups excluding carboxylic acids is 1. The molecule has 0 fully saturated rings. The summed E-state index contributed by atoms with van der Waals surface area (Å²) in [6.45, 7) is 0.857. The van der Waals surface area contributed by atoms with Crippen molar-refractivity contribution < 1.29 is 18.0 Å². The highest BCUT2D eigenvalue weighted by Crippen LogP contribution is 2.34. The second-order valence-corrected chi connectivity index (χ2v) is 5.01. The maximum absolute atomic E-state index is 12.6. The predicted octanol–water partition coefficient (Wildman–Crippen LogP) is 1.72. The van der Waals surface area contributed by atoms with E-state index in [0.717, 1.165) is 12.0 Å². The molecule has 0 bridgehead atoms. The maximum Gasteiger partial charge on any atom is 0.415 e. The summed E-state index contributed by atoms with van der Waals surface area (Å²) < 4.78 is 37.7. The fourth-order valence-electron chi connectivity index (χ4n) is 2.07. The fraction of sp³-hybridized carbons (Fsp3) is 0.462. The molecule has 2 rings (SSSR count). The van der Waals surface area contributed by atoms with Crippen LogP contribution in [0, 0.1) is 0 Å². The number of alkyl halides is 3. The average molecular weight is 272 g/mol. The Hall–Kier alpha value is -1.56. The minimum absolute atomic E-state index is 0.0733. The van der Waals surface area contributed by atoms with E-state index in [-0.39, 0.29) is 12.5 Å². The second-order valence-electron chi connectivity index (χ2n) is 5.01. The van der Waals surface area contributed by atoms with Crippen molar-refractivity contribution in [2.75, 3.05) is 6.54 Å².